The Morgan fingerprint density at radius 1 is 0.724 bits per heavy atom. The third kappa shape index (κ3) is 3.67. The van der Waals surface area contributed by atoms with Crippen molar-refractivity contribution in [3.8, 4) is 33.8 Å². The molecule has 2 aromatic heterocycles. The van der Waals surface area contributed by atoms with Crippen LogP contribution in [-0.2, 0) is 0 Å². The first-order valence-electron chi connectivity index (χ1n) is 9.55. The molecule has 0 saturated heterocycles. The number of nitrogens with zero attached hydrogens (tertiary/aromatic N) is 3. The van der Waals surface area contributed by atoms with Crippen molar-refractivity contribution in [3.63, 3.8) is 0 Å². The summed E-state index contributed by atoms with van der Waals surface area (Å²) in [4.78, 5) is 21.9. The van der Waals surface area contributed by atoms with Crippen LogP contribution in [0.25, 0.3) is 33.8 Å². The van der Waals surface area contributed by atoms with Crippen LogP contribution in [0.4, 0.5) is 5.82 Å². The lowest BCUT2D eigenvalue weighted by molar-refractivity contribution is 0.579. The second-order valence-electron chi connectivity index (χ2n) is 7.14. The van der Waals surface area contributed by atoms with E-state index >= 15 is 0 Å². The van der Waals surface area contributed by atoms with Crippen molar-refractivity contribution in [1.82, 2.24) is 14.5 Å². The molecule has 0 aliphatic carbocycles. The van der Waals surface area contributed by atoms with Crippen molar-refractivity contribution in [2.24, 2.45) is 0 Å². The van der Waals surface area contributed by atoms with E-state index in [4.69, 9.17) is 15.7 Å². The van der Waals surface area contributed by atoms with Crippen LogP contribution in [0.1, 0.15) is 19.9 Å². The van der Waals surface area contributed by atoms with Crippen LogP contribution in [0.5, 0.6) is 0 Å². The smallest absolute Gasteiger partial charge is 0.250 e. The molecule has 0 fully saturated rings. The van der Waals surface area contributed by atoms with Crippen molar-refractivity contribution >= 4 is 5.82 Å². The Labute approximate surface area is 169 Å². The Kier molecular flexibility index (Phi) is 4.96. The van der Waals surface area contributed by atoms with Crippen molar-refractivity contribution in [2.75, 3.05) is 5.73 Å². The molecular weight excluding hydrogens is 360 g/mol. The maximum Gasteiger partial charge on any atom is 0.250 e. The summed E-state index contributed by atoms with van der Waals surface area (Å²) in [5.41, 5.74) is 10.9. The van der Waals surface area contributed by atoms with Gasteiger partial charge in [0.2, 0.25) is 0 Å². The van der Waals surface area contributed by atoms with Crippen molar-refractivity contribution < 1.29 is 0 Å². The molecule has 5 nitrogen and oxygen atoms in total. The van der Waals surface area contributed by atoms with Crippen LogP contribution in [-0.4, -0.2) is 14.5 Å². The molecule has 29 heavy (non-hydrogen) atoms. The van der Waals surface area contributed by atoms with Gasteiger partial charge in [0.15, 0.2) is 5.82 Å². The number of hydrogen-bond donors (Lipinski definition) is 1. The summed E-state index contributed by atoms with van der Waals surface area (Å²) < 4.78 is 1.70. The summed E-state index contributed by atoms with van der Waals surface area (Å²) in [6.45, 7) is 3.96. The lowest BCUT2D eigenvalue weighted by atomic mass is 10.0. The van der Waals surface area contributed by atoms with E-state index in [2.05, 4.69) is 0 Å². The maximum atomic E-state index is 12.2. The second kappa shape index (κ2) is 7.72. The molecule has 4 rings (SSSR count). The van der Waals surface area contributed by atoms with Gasteiger partial charge in [0.25, 0.3) is 5.56 Å². The number of benzene rings is 2. The van der Waals surface area contributed by atoms with Crippen LogP contribution < -0.4 is 11.3 Å². The third-order valence-corrected chi connectivity index (χ3v) is 4.79. The highest BCUT2D eigenvalue weighted by Crippen LogP contribution is 2.33. The van der Waals surface area contributed by atoms with Gasteiger partial charge >= 0.3 is 0 Å². The second-order valence-corrected chi connectivity index (χ2v) is 7.14. The fourth-order valence-electron chi connectivity index (χ4n) is 3.30. The minimum atomic E-state index is -0.0447. The highest BCUT2D eigenvalue weighted by atomic mass is 16.1. The number of pyridine rings is 1. The molecule has 0 aliphatic rings. The minimum absolute atomic E-state index is 0.0398. The molecule has 144 valence electrons. The van der Waals surface area contributed by atoms with Gasteiger partial charge in [-0.2, -0.15) is 0 Å². The Hall–Kier alpha value is -3.73. The molecule has 2 heterocycles. The average Bonchev–Trinajstić information content (AvgIpc) is 2.75. The fourth-order valence-corrected chi connectivity index (χ4v) is 3.30. The van der Waals surface area contributed by atoms with Crippen molar-refractivity contribution in [3.05, 3.63) is 89.3 Å². The molecule has 0 unspecified atom stereocenters. The summed E-state index contributed by atoms with van der Waals surface area (Å²) in [5, 5.41) is 0. The topological polar surface area (TPSA) is 73.8 Å². The Morgan fingerprint density at radius 3 is 1.86 bits per heavy atom. The predicted molar refractivity (Wildman–Crippen MR) is 117 cm³/mol. The summed E-state index contributed by atoms with van der Waals surface area (Å²) in [6.07, 6.45) is 1.84. The summed E-state index contributed by atoms with van der Waals surface area (Å²) in [5.74, 6) is 0.371. The van der Waals surface area contributed by atoms with Gasteiger partial charge in [-0.15, -0.1) is 0 Å². The molecule has 5 heteroatoms. The molecule has 0 aliphatic heterocycles. The SMILES string of the molecule is CC(C)n1cc(-c2nc(-c3ccccc3)c(N)nc2-c2ccccc2)ccc1=O. The lowest BCUT2D eigenvalue weighted by Crippen LogP contribution is -2.20. The van der Waals surface area contributed by atoms with E-state index in [1.807, 2.05) is 80.7 Å². The van der Waals surface area contributed by atoms with Gasteiger partial charge in [-0.25, -0.2) is 9.97 Å². The Bertz CT molecular complexity index is 1200. The molecule has 4 aromatic rings. The van der Waals surface area contributed by atoms with Gasteiger partial charge < -0.3 is 10.3 Å². The first-order valence-corrected chi connectivity index (χ1v) is 9.55. The average molecular weight is 382 g/mol. The van der Waals surface area contributed by atoms with Gasteiger partial charge in [-0.1, -0.05) is 60.7 Å². The molecule has 0 amide bonds. The van der Waals surface area contributed by atoms with Crippen LogP contribution in [0.2, 0.25) is 0 Å². The monoisotopic (exact) mass is 382 g/mol. The quantitative estimate of drug-likeness (QED) is 0.550. The van der Waals surface area contributed by atoms with E-state index in [0.29, 0.717) is 22.9 Å². The van der Waals surface area contributed by atoms with Crippen LogP contribution >= 0.6 is 0 Å². The first-order chi connectivity index (χ1) is 14.0. The zero-order valence-electron chi connectivity index (χ0n) is 16.4. The highest BCUT2D eigenvalue weighted by Gasteiger charge is 2.17. The number of nitrogen functional groups attached to an aromatic ring is 1. The fraction of sp³-hybridized carbons (Fsp3) is 0.125. The summed E-state index contributed by atoms with van der Waals surface area (Å²) in [7, 11) is 0. The van der Waals surface area contributed by atoms with E-state index in [1.54, 1.807) is 16.7 Å². The van der Waals surface area contributed by atoms with Crippen LogP contribution in [0.3, 0.4) is 0 Å². The van der Waals surface area contributed by atoms with Crippen LogP contribution in [0, 0.1) is 0 Å². The Morgan fingerprint density at radius 2 is 1.28 bits per heavy atom. The van der Waals surface area contributed by atoms with Crippen LogP contribution in [0.15, 0.2) is 83.8 Å². The molecule has 0 saturated carbocycles. The van der Waals surface area contributed by atoms with Gasteiger partial charge in [0.05, 0.1) is 11.4 Å². The van der Waals surface area contributed by atoms with Crippen molar-refractivity contribution in [1.29, 1.82) is 0 Å². The number of nitrogens with two attached hydrogens (primary N) is 1. The number of aromatic nitrogens is 3. The predicted octanol–water partition coefficient (Wildman–Crippen LogP) is 4.80. The molecule has 0 bridgehead atoms. The van der Waals surface area contributed by atoms with Crippen molar-refractivity contribution in [2.45, 2.75) is 19.9 Å². The zero-order valence-corrected chi connectivity index (χ0v) is 16.4. The highest BCUT2D eigenvalue weighted by molar-refractivity contribution is 5.83. The van der Waals surface area contributed by atoms with Gasteiger partial charge in [0.1, 0.15) is 5.69 Å². The van der Waals surface area contributed by atoms with Gasteiger partial charge in [-0.3, -0.25) is 4.79 Å². The Balaban J connectivity index is 2.00. The van der Waals surface area contributed by atoms with Gasteiger partial charge in [-0.05, 0) is 19.9 Å². The van der Waals surface area contributed by atoms with E-state index in [-0.39, 0.29) is 11.6 Å². The van der Waals surface area contributed by atoms with E-state index < -0.39 is 0 Å². The molecule has 2 aromatic carbocycles. The first kappa shape index (κ1) is 18.6. The lowest BCUT2D eigenvalue weighted by Gasteiger charge is -2.15. The zero-order chi connectivity index (χ0) is 20.4. The number of hydrogen-bond acceptors (Lipinski definition) is 4. The van der Waals surface area contributed by atoms with E-state index in [0.717, 1.165) is 16.7 Å². The number of rotatable bonds is 4. The standard InChI is InChI=1S/C24H22N4O/c1-16(2)28-15-19(13-14-20(28)29)22-21(17-9-5-3-6-10-17)27-24(25)23(26-22)18-11-7-4-8-12-18/h3-16H,1-2H3,(H2,25,27). The normalized spacial score (nSPS) is 11.0. The van der Waals surface area contributed by atoms with E-state index in [1.165, 1.54) is 0 Å². The largest absolute Gasteiger partial charge is 0.382 e. The molecule has 0 atom stereocenters. The summed E-state index contributed by atoms with van der Waals surface area (Å²) in [6, 6.07) is 23.0. The third-order valence-electron chi connectivity index (χ3n) is 4.79. The minimum Gasteiger partial charge on any atom is -0.382 e. The molecule has 0 radical (unpaired) electrons. The maximum absolute atomic E-state index is 12.2. The molecule has 0 spiro atoms. The van der Waals surface area contributed by atoms with E-state index in [9.17, 15) is 4.79 Å². The number of anilines is 1. The molecular formula is C24H22N4O. The molecule has 2 N–H and O–H groups in total. The van der Waals surface area contributed by atoms with Gasteiger partial charge in [0, 0.05) is 35.0 Å². The summed E-state index contributed by atoms with van der Waals surface area (Å²) >= 11 is 0.